The van der Waals surface area contributed by atoms with Crippen LogP contribution in [0.5, 0.6) is 5.75 Å². The number of ether oxygens (including phenoxy) is 1. The minimum Gasteiger partial charge on any atom is -0.493 e. The summed E-state index contributed by atoms with van der Waals surface area (Å²) in [5.74, 6) is -1.46. The van der Waals surface area contributed by atoms with Gasteiger partial charge in [-0.1, -0.05) is 12.1 Å². The minimum atomic E-state index is -4.54. The van der Waals surface area contributed by atoms with Crippen molar-refractivity contribution in [1.82, 2.24) is 10.6 Å². The number of aliphatic hydroxyl groups excluding tert-OH is 1. The molecule has 0 fully saturated rings. The molecule has 12 heteroatoms. The van der Waals surface area contributed by atoms with E-state index in [9.17, 15) is 35.9 Å². The van der Waals surface area contributed by atoms with Crippen molar-refractivity contribution < 1.29 is 45.8 Å². The third-order valence-electron chi connectivity index (χ3n) is 4.21. The number of amides is 2. The zero-order valence-corrected chi connectivity index (χ0v) is 17.5. The molecule has 34 heavy (non-hydrogen) atoms. The summed E-state index contributed by atoms with van der Waals surface area (Å²) in [6.45, 7) is -1.12. The molecule has 0 atom stereocenters. The summed E-state index contributed by atoms with van der Waals surface area (Å²) in [4.78, 5) is 24.9. The Hall–Kier alpha value is -3.54. The number of hydrogen-bond donors (Lipinski definition) is 3. The van der Waals surface area contributed by atoms with E-state index >= 15 is 0 Å². The number of hydrogen-bond acceptors (Lipinski definition) is 4. The highest BCUT2D eigenvalue weighted by Gasteiger charge is 2.30. The average molecular weight is 490 g/mol. The van der Waals surface area contributed by atoms with Crippen LogP contribution >= 0.6 is 0 Å². The van der Waals surface area contributed by atoms with Crippen molar-refractivity contribution in [3.8, 4) is 5.75 Å². The molecule has 2 amide bonds. The van der Waals surface area contributed by atoms with E-state index in [-0.39, 0.29) is 35.7 Å². The minimum absolute atomic E-state index is 0.0384. The van der Waals surface area contributed by atoms with Crippen LogP contribution in [0.25, 0.3) is 6.08 Å². The Morgan fingerprint density at radius 1 is 0.941 bits per heavy atom. The highest BCUT2D eigenvalue weighted by Crippen LogP contribution is 2.29. The molecule has 184 valence electrons. The largest absolute Gasteiger partial charge is 0.493 e. The first-order chi connectivity index (χ1) is 15.9. The van der Waals surface area contributed by atoms with Crippen LogP contribution in [0.1, 0.15) is 27.9 Å². The summed E-state index contributed by atoms with van der Waals surface area (Å²) in [6.07, 6.45) is -8.90. The van der Waals surface area contributed by atoms with E-state index < -0.39 is 42.8 Å². The van der Waals surface area contributed by atoms with Crippen LogP contribution in [0.2, 0.25) is 0 Å². The van der Waals surface area contributed by atoms with E-state index in [4.69, 9.17) is 9.84 Å². The Bertz CT molecular complexity index is 1000. The fraction of sp³-hybridized carbons (Fsp3) is 0.273. The monoisotopic (exact) mass is 490 g/mol. The van der Waals surface area contributed by atoms with Gasteiger partial charge in [0.1, 0.15) is 11.4 Å². The molecule has 0 saturated carbocycles. The highest BCUT2D eigenvalue weighted by atomic mass is 19.4. The number of aliphatic hydroxyl groups is 1. The lowest BCUT2D eigenvalue weighted by molar-refractivity contribution is -0.139. The van der Waals surface area contributed by atoms with Crippen molar-refractivity contribution >= 4 is 17.9 Å². The maximum atomic E-state index is 12.7. The normalized spacial score (nSPS) is 12.3. The SMILES string of the molecule is O=C(NCCO)C(=Cc1ccc(C(F)(F)F)cc1)NC(=O)c1ccc(OCCC(F)(F)F)cc1. The number of alkyl halides is 6. The Balaban J connectivity index is 2.15. The van der Waals surface area contributed by atoms with E-state index in [1.807, 2.05) is 0 Å². The lowest BCUT2D eigenvalue weighted by Gasteiger charge is -2.12. The second-order valence-electron chi connectivity index (χ2n) is 6.85. The van der Waals surface area contributed by atoms with Crippen LogP contribution in [0.3, 0.4) is 0 Å². The molecule has 0 saturated heterocycles. The first kappa shape index (κ1) is 26.7. The number of halogens is 6. The Morgan fingerprint density at radius 3 is 2.09 bits per heavy atom. The van der Waals surface area contributed by atoms with E-state index in [0.717, 1.165) is 30.3 Å². The van der Waals surface area contributed by atoms with Gasteiger partial charge in [0, 0.05) is 12.1 Å². The molecule has 0 bridgehead atoms. The lowest BCUT2D eigenvalue weighted by atomic mass is 10.1. The number of rotatable bonds is 9. The summed E-state index contributed by atoms with van der Waals surface area (Å²) >= 11 is 0. The molecule has 3 N–H and O–H groups in total. The van der Waals surface area contributed by atoms with Crippen LogP contribution in [0.4, 0.5) is 26.3 Å². The predicted octanol–water partition coefficient (Wildman–Crippen LogP) is 3.92. The van der Waals surface area contributed by atoms with Crippen LogP contribution in [-0.2, 0) is 11.0 Å². The molecule has 0 aliphatic rings. The molecule has 2 aromatic carbocycles. The van der Waals surface area contributed by atoms with Crippen molar-refractivity contribution in [1.29, 1.82) is 0 Å². The number of carbonyl (C=O) groups excluding carboxylic acids is 2. The van der Waals surface area contributed by atoms with E-state index in [1.54, 1.807) is 0 Å². The average Bonchev–Trinajstić information content (AvgIpc) is 2.76. The van der Waals surface area contributed by atoms with Crippen molar-refractivity contribution in [3.63, 3.8) is 0 Å². The molecule has 6 nitrogen and oxygen atoms in total. The van der Waals surface area contributed by atoms with Gasteiger partial charge in [-0.3, -0.25) is 9.59 Å². The number of nitrogens with one attached hydrogen (secondary N) is 2. The third kappa shape index (κ3) is 8.77. The molecular formula is C22H20F6N2O4. The summed E-state index contributed by atoms with van der Waals surface area (Å²) < 4.78 is 79.7. The second kappa shape index (κ2) is 11.5. The van der Waals surface area contributed by atoms with E-state index in [1.165, 1.54) is 24.3 Å². The summed E-state index contributed by atoms with van der Waals surface area (Å²) in [5, 5.41) is 13.5. The molecule has 0 radical (unpaired) electrons. The zero-order chi connectivity index (χ0) is 25.4. The Labute approximate surface area is 190 Å². The molecule has 0 aliphatic carbocycles. The van der Waals surface area contributed by atoms with Gasteiger partial charge in [0.05, 0.1) is 25.2 Å². The van der Waals surface area contributed by atoms with Gasteiger partial charge in [0.2, 0.25) is 0 Å². The molecular weight excluding hydrogens is 470 g/mol. The third-order valence-corrected chi connectivity index (χ3v) is 4.21. The van der Waals surface area contributed by atoms with Gasteiger partial charge < -0.3 is 20.5 Å². The molecule has 0 unspecified atom stereocenters. The van der Waals surface area contributed by atoms with Gasteiger partial charge in [-0.05, 0) is 48.0 Å². The first-order valence-electron chi connectivity index (χ1n) is 9.78. The maximum absolute atomic E-state index is 12.7. The van der Waals surface area contributed by atoms with Crippen LogP contribution < -0.4 is 15.4 Å². The number of benzene rings is 2. The quantitative estimate of drug-likeness (QED) is 0.368. The van der Waals surface area contributed by atoms with Crippen molar-refractivity contribution in [2.75, 3.05) is 19.8 Å². The standard InChI is InChI=1S/C22H20F6N2O4/c23-21(24,25)9-12-34-17-7-3-15(4-8-17)19(32)30-18(20(33)29-10-11-31)13-14-1-5-16(6-2-14)22(26,27)28/h1-8,13,31H,9-12H2,(H,29,33)(H,30,32). The molecule has 0 heterocycles. The summed E-state index contributed by atoms with van der Waals surface area (Å²) in [5.41, 5.74) is -0.964. The summed E-state index contributed by atoms with van der Waals surface area (Å²) in [6, 6.07) is 8.93. The van der Waals surface area contributed by atoms with Gasteiger partial charge in [-0.15, -0.1) is 0 Å². The van der Waals surface area contributed by atoms with Crippen molar-refractivity contribution in [3.05, 3.63) is 70.9 Å². The second-order valence-corrected chi connectivity index (χ2v) is 6.85. The first-order valence-corrected chi connectivity index (χ1v) is 9.78. The van der Waals surface area contributed by atoms with E-state index in [0.29, 0.717) is 0 Å². The molecule has 2 rings (SSSR count). The highest BCUT2D eigenvalue weighted by molar-refractivity contribution is 6.05. The Morgan fingerprint density at radius 2 is 1.56 bits per heavy atom. The van der Waals surface area contributed by atoms with Crippen LogP contribution in [-0.4, -0.2) is 42.9 Å². The smallest absolute Gasteiger partial charge is 0.416 e. The molecule has 0 aliphatic heterocycles. The maximum Gasteiger partial charge on any atom is 0.416 e. The molecule has 0 aromatic heterocycles. The van der Waals surface area contributed by atoms with Gasteiger partial charge in [-0.2, -0.15) is 26.3 Å². The molecule has 2 aromatic rings. The van der Waals surface area contributed by atoms with Crippen LogP contribution in [0.15, 0.2) is 54.2 Å². The topological polar surface area (TPSA) is 87.7 Å². The van der Waals surface area contributed by atoms with Gasteiger partial charge in [0.25, 0.3) is 11.8 Å². The fourth-order valence-electron chi connectivity index (χ4n) is 2.54. The van der Waals surface area contributed by atoms with Gasteiger partial charge >= 0.3 is 12.4 Å². The Kier molecular flexibility index (Phi) is 9.07. The van der Waals surface area contributed by atoms with Gasteiger partial charge in [-0.25, -0.2) is 0 Å². The van der Waals surface area contributed by atoms with Crippen molar-refractivity contribution in [2.24, 2.45) is 0 Å². The molecule has 0 spiro atoms. The van der Waals surface area contributed by atoms with Gasteiger partial charge in [0.15, 0.2) is 0 Å². The predicted molar refractivity (Wildman–Crippen MR) is 110 cm³/mol. The lowest BCUT2D eigenvalue weighted by Crippen LogP contribution is -2.36. The van der Waals surface area contributed by atoms with E-state index in [2.05, 4.69) is 10.6 Å². The zero-order valence-electron chi connectivity index (χ0n) is 17.5. The van der Waals surface area contributed by atoms with Crippen molar-refractivity contribution in [2.45, 2.75) is 18.8 Å². The summed E-state index contributed by atoms with van der Waals surface area (Å²) in [7, 11) is 0. The fourth-order valence-corrected chi connectivity index (χ4v) is 2.54. The van der Waals surface area contributed by atoms with Crippen LogP contribution in [0, 0.1) is 0 Å². The number of carbonyl (C=O) groups is 2.